The van der Waals surface area contributed by atoms with Crippen LogP contribution in [0, 0.1) is 0 Å². The lowest BCUT2D eigenvalue weighted by atomic mass is 10.2. The van der Waals surface area contributed by atoms with Crippen LogP contribution in [0.2, 0.25) is 0 Å². The van der Waals surface area contributed by atoms with Crippen LogP contribution in [0.5, 0.6) is 5.75 Å². The first-order valence-corrected chi connectivity index (χ1v) is 6.75. The van der Waals surface area contributed by atoms with Crippen LogP contribution in [0.15, 0.2) is 22.7 Å². The van der Waals surface area contributed by atoms with Crippen molar-refractivity contribution in [2.24, 2.45) is 0 Å². The van der Waals surface area contributed by atoms with Crippen LogP contribution in [-0.4, -0.2) is 19.8 Å². The Morgan fingerprint density at radius 3 is 2.94 bits per heavy atom. The van der Waals surface area contributed by atoms with Gasteiger partial charge >= 0.3 is 0 Å². The Hall–Kier alpha value is -0.610. The predicted octanol–water partition coefficient (Wildman–Crippen LogP) is 3.69. The van der Waals surface area contributed by atoms with Gasteiger partial charge in [0.1, 0.15) is 5.75 Å². The van der Waals surface area contributed by atoms with Crippen molar-refractivity contribution in [3.8, 4) is 5.75 Å². The average molecular weight is 304 g/mol. The van der Waals surface area contributed by atoms with E-state index in [-0.39, 0.29) is 6.67 Å². The third kappa shape index (κ3) is 5.50. The van der Waals surface area contributed by atoms with Gasteiger partial charge in [-0.1, -0.05) is 22.9 Å². The van der Waals surface area contributed by atoms with E-state index in [2.05, 4.69) is 28.2 Å². The van der Waals surface area contributed by atoms with E-state index in [1.807, 2.05) is 18.2 Å². The number of alkyl halides is 1. The van der Waals surface area contributed by atoms with Crippen LogP contribution in [0.1, 0.15) is 25.3 Å². The van der Waals surface area contributed by atoms with Gasteiger partial charge in [-0.3, -0.25) is 4.39 Å². The van der Waals surface area contributed by atoms with Crippen molar-refractivity contribution in [3.63, 3.8) is 0 Å². The highest BCUT2D eigenvalue weighted by molar-refractivity contribution is 9.10. The summed E-state index contributed by atoms with van der Waals surface area (Å²) in [6.07, 6.45) is 1.55. The van der Waals surface area contributed by atoms with Gasteiger partial charge in [-0.25, -0.2) is 0 Å². The molecule has 1 rings (SSSR count). The summed E-state index contributed by atoms with van der Waals surface area (Å²) in [5.41, 5.74) is 1.10. The normalized spacial score (nSPS) is 10.5. The molecule has 17 heavy (non-hydrogen) atoms. The van der Waals surface area contributed by atoms with Gasteiger partial charge in [-0.15, -0.1) is 0 Å². The first-order chi connectivity index (χ1) is 8.27. The van der Waals surface area contributed by atoms with E-state index < -0.39 is 0 Å². The molecule has 0 saturated carbocycles. The van der Waals surface area contributed by atoms with E-state index >= 15 is 0 Å². The van der Waals surface area contributed by atoms with Crippen molar-refractivity contribution in [2.45, 2.75) is 26.3 Å². The van der Waals surface area contributed by atoms with Crippen LogP contribution < -0.4 is 10.1 Å². The summed E-state index contributed by atoms with van der Waals surface area (Å²) < 4.78 is 18.6. The van der Waals surface area contributed by atoms with Gasteiger partial charge in [0.15, 0.2) is 0 Å². The van der Waals surface area contributed by atoms with Crippen molar-refractivity contribution in [2.75, 3.05) is 19.8 Å². The monoisotopic (exact) mass is 303 g/mol. The topological polar surface area (TPSA) is 21.3 Å². The van der Waals surface area contributed by atoms with Gasteiger partial charge in [0.2, 0.25) is 0 Å². The summed E-state index contributed by atoms with van der Waals surface area (Å²) in [4.78, 5) is 0. The smallest absolute Gasteiger partial charge is 0.123 e. The molecule has 1 aromatic carbocycles. The van der Waals surface area contributed by atoms with E-state index in [1.54, 1.807) is 0 Å². The molecule has 0 amide bonds. The van der Waals surface area contributed by atoms with E-state index in [1.165, 1.54) is 0 Å². The number of benzene rings is 1. The molecule has 0 aliphatic rings. The maximum Gasteiger partial charge on any atom is 0.123 e. The summed E-state index contributed by atoms with van der Waals surface area (Å²) in [6, 6.07) is 5.90. The highest BCUT2D eigenvalue weighted by Crippen LogP contribution is 2.23. The molecule has 0 spiro atoms. The third-order valence-corrected chi connectivity index (χ3v) is 2.79. The van der Waals surface area contributed by atoms with Crippen LogP contribution in [-0.2, 0) is 6.54 Å². The van der Waals surface area contributed by atoms with Crippen LogP contribution in [0.25, 0.3) is 0 Å². The SMILES string of the molecule is CCCNCc1cc(Br)ccc1OCCCF. The molecule has 0 unspecified atom stereocenters. The average Bonchev–Trinajstić information content (AvgIpc) is 2.32. The van der Waals surface area contributed by atoms with Crippen molar-refractivity contribution in [1.29, 1.82) is 0 Å². The predicted molar refractivity (Wildman–Crippen MR) is 72.2 cm³/mol. The molecule has 0 aromatic heterocycles. The molecule has 4 heteroatoms. The fourth-order valence-corrected chi connectivity index (χ4v) is 1.87. The van der Waals surface area contributed by atoms with Crippen molar-refractivity contribution in [1.82, 2.24) is 5.32 Å². The van der Waals surface area contributed by atoms with Gasteiger partial charge in [0.25, 0.3) is 0 Å². The van der Waals surface area contributed by atoms with Crippen LogP contribution in [0.3, 0.4) is 0 Å². The molecule has 0 saturated heterocycles. The Morgan fingerprint density at radius 2 is 2.24 bits per heavy atom. The largest absolute Gasteiger partial charge is 0.493 e. The Balaban J connectivity index is 2.59. The highest BCUT2D eigenvalue weighted by atomic mass is 79.9. The van der Waals surface area contributed by atoms with Crippen LogP contribution >= 0.6 is 15.9 Å². The first-order valence-electron chi connectivity index (χ1n) is 5.95. The van der Waals surface area contributed by atoms with E-state index in [0.29, 0.717) is 13.0 Å². The highest BCUT2D eigenvalue weighted by Gasteiger charge is 2.04. The summed E-state index contributed by atoms with van der Waals surface area (Å²) in [7, 11) is 0. The van der Waals surface area contributed by atoms with Crippen LogP contribution in [0.4, 0.5) is 4.39 Å². The first kappa shape index (κ1) is 14.5. The molecule has 0 radical (unpaired) electrons. The fraction of sp³-hybridized carbons (Fsp3) is 0.538. The minimum Gasteiger partial charge on any atom is -0.493 e. The van der Waals surface area contributed by atoms with Crippen molar-refractivity contribution < 1.29 is 9.13 Å². The minimum absolute atomic E-state index is 0.333. The molecular weight excluding hydrogens is 285 g/mol. The van der Waals surface area contributed by atoms with Gasteiger partial charge in [0.05, 0.1) is 13.3 Å². The fourth-order valence-electron chi connectivity index (χ4n) is 1.46. The maximum atomic E-state index is 12.0. The zero-order valence-electron chi connectivity index (χ0n) is 10.1. The Bertz CT molecular complexity index is 333. The quantitative estimate of drug-likeness (QED) is 0.740. The summed E-state index contributed by atoms with van der Waals surface area (Å²) in [5, 5.41) is 3.33. The second-order valence-electron chi connectivity index (χ2n) is 3.82. The molecule has 0 aliphatic carbocycles. The standard InChI is InChI=1S/C13H19BrFNO/c1-2-7-16-10-11-9-12(14)4-5-13(11)17-8-3-6-15/h4-5,9,16H,2-3,6-8,10H2,1H3. The number of rotatable bonds is 8. The molecule has 0 aliphatic heterocycles. The van der Waals surface area contributed by atoms with Gasteiger partial charge in [-0.2, -0.15) is 0 Å². The van der Waals surface area contributed by atoms with E-state index in [0.717, 1.165) is 35.3 Å². The van der Waals surface area contributed by atoms with E-state index in [4.69, 9.17) is 4.74 Å². The number of ether oxygens (including phenoxy) is 1. The number of hydrogen-bond acceptors (Lipinski definition) is 2. The molecule has 0 heterocycles. The zero-order valence-corrected chi connectivity index (χ0v) is 11.7. The Labute approximate surface area is 111 Å². The second kappa shape index (κ2) is 8.48. The van der Waals surface area contributed by atoms with Gasteiger partial charge < -0.3 is 10.1 Å². The summed E-state index contributed by atoms with van der Waals surface area (Å²) in [6.45, 7) is 3.99. The molecule has 0 fully saturated rings. The lowest BCUT2D eigenvalue weighted by Gasteiger charge is -2.12. The summed E-state index contributed by atoms with van der Waals surface area (Å²) >= 11 is 3.44. The molecule has 0 atom stereocenters. The Morgan fingerprint density at radius 1 is 1.41 bits per heavy atom. The molecule has 0 bridgehead atoms. The molecule has 96 valence electrons. The van der Waals surface area contributed by atoms with E-state index in [9.17, 15) is 4.39 Å². The molecule has 2 nitrogen and oxygen atoms in total. The zero-order chi connectivity index (χ0) is 12.5. The summed E-state index contributed by atoms with van der Waals surface area (Å²) in [5.74, 6) is 0.838. The second-order valence-corrected chi connectivity index (χ2v) is 4.74. The maximum absolute atomic E-state index is 12.0. The lowest BCUT2D eigenvalue weighted by Crippen LogP contribution is -2.15. The number of hydrogen-bond donors (Lipinski definition) is 1. The van der Waals surface area contributed by atoms with Gasteiger partial charge in [-0.05, 0) is 31.2 Å². The number of halogens is 2. The minimum atomic E-state index is -0.333. The lowest BCUT2D eigenvalue weighted by molar-refractivity contribution is 0.286. The third-order valence-electron chi connectivity index (χ3n) is 2.30. The molecule has 1 aromatic rings. The Kier molecular flexibility index (Phi) is 7.21. The molecule has 1 N–H and O–H groups in total. The van der Waals surface area contributed by atoms with Gasteiger partial charge in [0, 0.05) is 23.0 Å². The van der Waals surface area contributed by atoms with Crippen molar-refractivity contribution in [3.05, 3.63) is 28.2 Å². The molecular formula is C13H19BrFNO. The van der Waals surface area contributed by atoms with Crippen molar-refractivity contribution >= 4 is 15.9 Å². The number of nitrogens with one attached hydrogen (secondary N) is 1.